The number of nitrogens with zero attached hydrogens (tertiary/aromatic N) is 1. The fourth-order valence-electron chi connectivity index (χ4n) is 2.09. The molecule has 0 aromatic carbocycles. The van der Waals surface area contributed by atoms with Gasteiger partial charge in [0.25, 0.3) is 0 Å². The molecule has 78 valence electrons. The first-order chi connectivity index (χ1) is 6.11. The average molecular weight is 186 g/mol. The van der Waals surface area contributed by atoms with Crippen molar-refractivity contribution in [3.63, 3.8) is 0 Å². The van der Waals surface area contributed by atoms with E-state index >= 15 is 0 Å². The maximum absolute atomic E-state index is 9.50. The number of aliphatic hydroxyl groups is 1. The minimum atomic E-state index is -0.183. The number of hydrogen-bond donors (Lipinski definition) is 2. The van der Waals surface area contributed by atoms with Gasteiger partial charge in [-0.05, 0) is 18.8 Å². The number of hydrogen-bond acceptors (Lipinski definition) is 3. The lowest BCUT2D eigenvalue weighted by Gasteiger charge is -2.35. The number of nitrogens with two attached hydrogens (primary N) is 1. The first-order valence-electron chi connectivity index (χ1n) is 5.27. The van der Waals surface area contributed by atoms with E-state index in [0.29, 0.717) is 12.0 Å². The fraction of sp³-hybridized carbons (Fsp3) is 1.00. The number of piperidine rings is 1. The lowest BCUT2D eigenvalue weighted by Crippen LogP contribution is -2.48. The molecule has 0 aliphatic carbocycles. The third-order valence-corrected chi connectivity index (χ3v) is 2.71. The van der Waals surface area contributed by atoms with Gasteiger partial charge in [-0.2, -0.15) is 0 Å². The van der Waals surface area contributed by atoms with Gasteiger partial charge in [0.2, 0.25) is 0 Å². The molecule has 1 rings (SSSR count). The van der Waals surface area contributed by atoms with Crippen molar-refractivity contribution in [1.29, 1.82) is 0 Å². The molecule has 13 heavy (non-hydrogen) atoms. The molecule has 0 aromatic heterocycles. The molecule has 3 atom stereocenters. The molecule has 1 fully saturated rings. The summed E-state index contributed by atoms with van der Waals surface area (Å²) in [5.74, 6) is 0.674. The second kappa shape index (κ2) is 4.94. The SMILES string of the molecule is CCC(O)CN1CC(C)CC(N)C1. The minimum absolute atomic E-state index is 0.183. The van der Waals surface area contributed by atoms with Gasteiger partial charge in [-0.25, -0.2) is 0 Å². The summed E-state index contributed by atoms with van der Waals surface area (Å²) in [6, 6.07) is 0.299. The van der Waals surface area contributed by atoms with Crippen LogP contribution in [0.2, 0.25) is 0 Å². The molecule has 1 aliphatic heterocycles. The summed E-state index contributed by atoms with van der Waals surface area (Å²) in [6.45, 7) is 7.06. The molecule has 3 N–H and O–H groups in total. The van der Waals surface area contributed by atoms with Crippen LogP contribution in [0.4, 0.5) is 0 Å². The van der Waals surface area contributed by atoms with E-state index in [9.17, 15) is 5.11 Å². The summed E-state index contributed by atoms with van der Waals surface area (Å²) >= 11 is 0. The summed E-state index contributed by atoms with van der Waals surface area (Å²) in [4.78, 5) is 2.28. The second-order valence-electron chi connectivity index (χ2n) is 4.38. The van der Waals surface area contributed by atoms with Crippen LogP contribution in [0.25, 0.3) is 0 Å². The molecule has 1 saturated heterocycles. The van der Waals surface area contributed by atoms with Gasteiger partial charge in [0, 0.05) is 25.7 Å². The normalized spacial score (nSPS) is 33.2. The van der Waals surface area contributed by atoms with Crippen molar-refractivity contribution >= 4 is 0 Å². The largest absolute Gasteiger partial charge is 0.392 e. The molecule has 3 nitrogen and oxygen atoms in total. The number of rotatable bonds is 3. The van der Waals surface area contributed by atoms with Crippen LogP contribution in [0.5, 0.6) is 0 Å². The lowest BCUT2D eigenvalue weighted by atomic mass is 9.96. The highest BCUT2D eigenvalue weighted by molar-refractivity contribution is 4.80. The Morgan fingerprint density at radius 3 is 2.77 bits per heavy atom. The Bertz CT molecular complexity index is 142. The Morgan fingerprint density at radius 1 is 1.54 bits per heavy atom. The molecule has 1 heterocycles. The van der Waals surface area contributed by atoms with Crippen molar-refractivity contribution in [3.05, 3.63) is 0 Å². The molecule has 3 unspecified atom stereocenters. The molecule has 3 heteroatoms. The van der Waals surface area contributed by atoms with Gasteiger partial charge in [-0.1, -0.05) is 13.8 Å². The molecule has 0 amide bonds. The fourth-order valence-corrected chi connectivity index (χ4v) is 2.09. The van der Waals surface area contributed by atoms with Crippen LogP contribution in [0.1, 0.15) is 26.7 Å². The Balaban J connectivity index is 2.32. The van der Waals surface area contributed by atoms with E-state index in [4.69, 9.17) is 5.73 Å². The van der Waals surface area contributed by atoms with Gasteiger partial charge in [0.15, 0.2) is 0 Å². The van der Waals surface area contributed by atoms with Gasteiger partial charge in [0.05, 0.1) is 6.10 Å². The van der Waals surface area contributed by atoms with Gasteiger partial charge in [0.1, 0.15) is 0 Å². The first-order valence-corrected chi connectivity index (χ1v) is 5.27. The summed E-state index contributed by atoms with van der Waals surface area (Å²) in [5.41, 5.74) is 5.91. The Labute approximate surface area is 80.9 Å². The predicted molar refractivity (Wildman–Crippen MR) is 54.5 cm³/mol. The van der Waals surface area contributed by atoms with Crippen molar-refractivity contribution in [2.75, 3.05) is 19.6 Å². The summed E-state index contributed by atoms with van der Waals surface area (Å²) in [5, 5.41) is 9.50. The number of β-amino-alcohol motifs (C(OH)–C–C–N with tert-alkyl or cyclic N) is 1. The van der Waals surface area contributed by atoms with Crippen LogP contribution in [-0.4, -0.2) is 41.8 Å². The Morgan fingerprint density at radius 2 is 2.23 bits per heavy atom. The zero-order chi connectivity index (χ0) is 9.84. The van der Waals surface area contributed by atoms with Crippen molar-refractivity contribution < 1.29 is 5.11 Å². The third-order valence-electron chi connectivity index (χ3n) is 2.71. The van der Waals surface area contributed by atoms with Gasteiger partial charge in [-0.15, -0.1) is 0 Å². The lowest BCUT2D eigenvalue weighted by molar-refractivity contribution is 0.0789. The number of likely N-dealkylation sites (tertiary alicyclic amines) is 1. The predicted octanol–water partition coefficient (Wildman–Crippen LogP) is 0.426. The molecule has 0 radical (unpaired) electrons. The Hall–Kier alpha value is -0.120. The van der Waals surface area contributed by atoms with E-state index in [1.807, 2.05) is 6.92 Å². The Kier molecular flexibility index (Phi) is 4.16. The van der Waals surface area contributed by atoms with Crippen LogP contribution in [0.15, 0.2) is 0 Å². The van der Waals surface area contributed by atoms with Gasteiger partial charge < -0.3 is 10.8 Å². The van der Waals surface area contributed by atoms with E-state index in [2.05, 4.69) is 11.8 Å². The minimum Gasteiger partial charge on any atom is -0.392 e. The van der Waals surface area contributed by atoms with Crippen molar-refractivity contribution in [2.24, 2.45) is 11.7 Å². The highest BCUT2D eigenvalue weighted by Gasteiger charge is 2.22. The summed E-state index contributed by atoms with van der Waals surface area (Å²) < 4.78 is 0. The van der Waals surface area contributed by atoms with Crippen molar-refractivity contribution in [1.82, 2.24) is 4.90 Å². The molecular weight excluding hydrogens is 164 g/mol. The van der Waals surface area contributed by atoms with E-state index in [0.717, 1.165) is 32.5 Å². The monoisotopic (exact) mass is 186 g/mol. The van der Waals surface area contributed by atoms with Crippen LogP contribution < -0.4 is 5.73 Å². The highest BCUT2D eigenvalue weighted by Crippen LogP contribution is 2.15. The van der Waals surface area contributed by atoms with E-state index < -0.39 is 0 Å². The molecule has 0 saturated carbocycles. The standard InChI is InChI=1S/C10H22N2O/c1-3-10(13)7-12-5-8(2)4-9(11)6-12/h8-10,13H,3-7,11H2,1-2H3. The number of aliphatic hydroxyl groups excluding tert-OH is 1. The molecule has 0 bridgehead atoms. The van der Waals surface area contributed by atoms with Gasteiger partial charge in [-0.3, -0.25) is 4.90 Å². The zero-order valence-electron chi connectivity index (χ0n) is 8.74. The molecule has 0 aromatic rings. The maximum Gasteiger partial charge on any atom is 0.0664 e. The van der Waals surface area contributed by atoms with Crippen LogP contribution in [0, 0.1) is 5.92 Å². The van der Waals surface area contributed by atoms with E-state index in [1.54, 1.807) is 0 Å². The van der Waals surface area contributed by atoms with Crippen LogP contribution in [-0.2, 0) is 0 Å². The quantitative estimate of drug-likeness (QED) is 0.672. The van der Waals surface area contributed by atoms with Crippen LogP contribution >= 0.6 is 0 Å². The maximum atomic E-state index is 9.50. The third kappa shape index (κ3) is 3.63. The summed E-state index contributed by atoms with van der Waals surface area (Å²) in [6.07, 6.45) is 1.77. The highest BCUT2D eigenvalue weighted by atomic mass is 16.3. The molecular formula is C10H22N2O. The van der Waals surface area contributed by atoms with Gasteiger partial charge >= 0.3 is 0 Å². The van der Waals surface area contributed by atoms with Crippen molar-refractivity contribution in [2.45, 2.75) is 38.8 Å². The van der Waals surface area contributed by atoms with Crippen molar-refractivity contribution in [3.8, 4) is 0 Å². The smallest absolute Gasteiger partial charge is 0.0664 e. The molecule has 1 aliphatic rings. The van der Waals surface area contributed by atoms with Crippen LogP contribution in [0.3, 0.4) is 0 Å². The summed E-state index contributed by atoms with van der Waals surface area (Å²) in [7, 11) is 0. The first kappa shape index (κ1) is 11.0. The zero-order valence-corrected chi connectivity index (χ0v) is 8.74. The second-order valence-corrected chi connectivity index (χ2v) is 4.38. The van der Waals surface area contributed by atoms with E-state index in [-0.39, 0.29) is 6.10 Å². The topological polar surface area (TPSA) is 49.5 Å². The van der Waals surface area contributed by atoms with E-state index in [1.165, 1.54) is 0 Å². The average Bonchev–Trinajstić information content (AvgIpc) is 2.02. The molecule has 0 spiro atoms.